The number of aromatic nitrogens is 1. The minimum Gasteiger partial charge on any atom is -0.493 e. The Bertz CT molecular complexity index is 682. The summed E-state index contributed by atoms with van der Waals surface area (Å²) in [5, 5.41) is 2.99. The molecule has 0 unspecified atom stereocenters. The van der Waals surface area contributed by atoms with Gasteiger partial charge in [-0.1, -0.05) is 18.9 Å². The maximum atomic E-state index is 12.3. The highest BCUT2D eigenvalue weighted by molar-refractivity contribution is 5.93. The number of carbonyl (C=O) groups excluding carboxylic acids is 1. The molecule has 5 nitrogen and oxygen atoms in total. The van der Waals surface area contributed by atoms with E-state index in [4.69, 9.17) is 9.47 Å². The number of nitrogens with zero attached hydrogens (tertiary/aromatic N) is 1. The first-order valence-corrected chi connectivity index (χ1v) is 8.27. The van der Waals surface area contributed by atoms with Crippen LogP contribution in [0.5, 0.6) is 11.5 Å². The van der Waals surface area contributed by atoms with Crippen LogP contribution in [0.25, 0.3) is 0 Å². The van der Waals surface area contributed by atoms with Gasteiger partial charge in [0.05, 0.1) is 7.11 Å². The molecule has 3 rings (SSSR count). The molecule has 1 aromatic heterocycles. The number of rotatable bonds is 6. The summed E-state index contributed by atoms with van der Waals surface area (Å²) in [5.41, 5.74) is 1.70. The number of carbonyl (C=O) groups is 1. The third-order valence-corrected chi connectivity index (χ3v) is 4.27. The van der Waals surface area contributed by atoms with E-state index >= 15 is 0 Å². The molecular formula is C19H22N2O3. The minimum absolute atomic E-state index is 0.0934. The van der Waals surface area contributed by atoms with Crippen molar-refractivity contribution in [3.8, 4) is 11.5 Å². The Kier molecular flexibility index (Phi) is 5.31. The predicted octanol–water partition coefficient (Wildman–Crippen LogP) is 3.80. The number of methoxy groups -OCH3 is 1. The highest BCUT2D eigenvalue weighted by Crippen LogP contribution is 2.32. The largest absolute Gasteiger partial charge is 0.493 e. The molecule has 0 spiro atoms. The van der Waals surface area contributed by atoms with Crippen LogP contribution in [-0.2, 0) is 11.4 Å². The first kappa shape index (κ1) is 16.3. The Balaban J connectivity index is 1.69. The zero-order chi connectivity index (χ0) is 16.8. The molecule has 1 aliphatic rings. The van der Waals surface area contributed by atoms with E-state index < -0.39 is 0 Å². The highest BCUT2D eigenvalue weighted by atomic mass is 16.5. The second-order valence-electron chi connectivity index (χ2n) is 5.99. The highest BCUT2D eigenvalue weighted by Gasteiger charge is 2.22. The summed E-state index contributed by atoms with van der Waals surface area (Å²) < 4.78 is 11.2. The number of nitrogens with one attached hydrogen (secondary N) is 1. The lowest BCUT2D eigenvalue weighted by molar-refractivity contribution is -0.119. The second-order valence-corrected chi connectivity index (χ2v) is 5.99. The Morgan fingerprint density at radius 1 is 1.25 bits per heavy atom. The maximum absolute atomic E-state index is 12.3. The van der Waals surface area contributed by atoms with Crippen LogP contribution in [0.15, 0.2) is 42.7 Å². The molecule has 0 aliphatic heterocycles. The van der Waals surface area contributed by atoms with Crippen molar-refractivity contribution in [2.24, 2.45) is 5.92 Å². The summed E-state index contributed by atoms with van der Waals surface area (Å²) in [4.78, 5) is 16.3. The fraction of sp³-hybridized carbons (Fsp3) is 0.368. The van der Waals surface area contributed by atoms with Crippen molar-refractivity contribution in [3.63, 3.8) is 0 Å². The summed E-state index contributed by atoms with van der Waals surface area (Å²) in [6.45, 7) is 0.393. The van der Waals surface area contributed by atoms with E-state index in [1.807, 2.05) is 30.3 Å². The molecule has 24 heavy (non-hydrogen) atoms. The Morgan fingerprint density at radius 3 is 2.79 bits per heavy atom. The van der Waals surface area contributed by atoms with Gasteiger partial charge in [0.1, 0.15) is 6.61 Å². The summed E-state index contributed by atoms with van der Waals surface area (Å²) in [6.07, 6.45) is 7.72. The lowest BCUT2D eigenvalue weighted by Gasteiger charge is -2.14. The predicted molar refractivity (Wildman–Crippen MR) is 92.2 cm³/mol. The SMILES string of the molecule is COc1ccc(NC(=O)C2CCCC2)cc1OCc1cccnc1. The average Bonchev–Trinajstić information content (AvgIpc) is 3.16. The smallest absolute Gasteiger partial charge is 0.227 e. The Morgan fingerprint density at radius 2 is 2.08 bits per heavy atom. The number of anilines is 1. The van der Waals surface area contributed by atoms with Crippen molar-refractivity contribution in [2.75, 3.05) is 12.4 Å². The zero-order valence-corrected chi connectivity index (χ0v) is 13.8. The van der Waals surface area contributed by atoms with Crippen LogP contribution in [0.3, 0.4) is 0 Å². The maximum Gasteiger partial charge on any atom is 0.227 e. The number of benzene rings is 1. The van der Waals surface area contributed by atoms with Crippen molar-refractivity contribution in [1.29, 1.82) is 0 Å². The zero-order valence-electron chi connectivity index (χ0n) is 13.8. The topological polar surface area (TPSA) is 60.5 Å². The number of ether oxygens (including phenoxy) is 2. The van der Waals surface area contributed by atoms with Crippen molar-refractivity contribution >= 4 is 11.6 Å². The molecule has 1 aromatic carbocycles. The third kappa shape index (κ3) is 4.04. The van der Waals surface area contributed by atoms with Gasteiger partial charge in [0, 0.05) is 35.6 Å². The van der Waals surface area contributed by atoms with E-state index in [2.05, 4.69) is 10.3 Å². The van der Waals surface area contributed by atoms with Gasteiger partial charge in [-0.2, -0.15) is 0 Å². The molecule has 1 amide bonds. The van der Waals surface area contributed by atoms with Crippen LogP contribution < -0.4 is 14.8 Å². The van der Waals surface area contributed by atoms with Crippen molar-refractivity contribution in [3.05, 3.63) is 48.3 Å². The summed E-state index contributed by atoms with van der Waals surface area (Å²) >= 11 is 0. The standard InChI is InChI=1S/C19H22N2O3/c1-23-17-9-8-16(21-19(22)15-6-2-3-7-15)11-18(17)24-13-14-5-4-10-20-12-14/h4-5,8-12,15H,2-3,6-7,13H2,1H3,(H,21,22). The van der Waals surface area contributed by atoms with E-state index in [9.17, 15) is 4.79 Å². The minimum atomic E-state index is 0.0934. The van der Waals surface area contributed by atoms with Crippen LogP contribution in [0.1, 0.15) is 31.2 Å². The van der Waals surface area contributed by atoms with Gasteiger partial charge in [0.25, 0.3) is 0 Å². The van der Waals surface area contributed by atoms with E-state index in [1.54, 1.807) is 19.5 Å². The van der Waals surface area contributed by atoms with Crippen molar-refractivity contribution in [2.45, 2.75) is 32.3 Å². The van der Waals surface area contributed by atoms with Gasteiger partial charge in [0.2, 0.25) is 5.91 Å². The van der Waals surface area contributed by atoms with Gasteiger partial charge in [-0.05, 0) is 31.0 Å². The summed E-state index contributed by atoms with van der Waals surface area (Å²) in [7, 11) is 1.60. The first-order chi connectivity index (χ1) is 11.8. The fourth-order valence-electron chi connectivity index (χ4n) is 2.94. The molecule has 126 valence electrons. The monoisotopic (exact) mass is 326 g/mol. The first-order valence-electron chi connectivity index (χ1n) is 8.27. The molecule has 0 atom stereocenters. The second kappa shape index (κ2) is 7.81. The van der Waals surface area contributed by atoms with Gasteiger partial charge in [-0.25, -0.2) is 0 Å². The van der Waals surface area contributed by atoms with E-state index in [0.717, 1.165) is 36.9 Å². The molecule has 0 radical (unpaired) electrons. The number of amides is 1. The van der Waals surface area contributed by atoms with Crippen LogP contribution in [-0.4, -0.2) is 18.0 Å². The van der Waals surface area contributed by atoms with Crippen LogP contribution in [0, 0.1) is 5.92 Å². The normalized spacial score (nSPS) is 14.4. The van der Waals surface area contributed by atoms with Crippen LogP contribution in [0.4, 0.5) is 5.69 Å². The van der Waals surface area contributed by atoms with E-state index in [-0.39, 0.29) is 11.8 Å². The van der Waals surface area contributed by atoms with Gasteiger partial charge in [-0.15, -0.1) is 0 Å². The Labute approximate surface area is 142 Å². The average molecular weight is 326 g/mol. The van der Waals surface area contributed by atoms with Gasteiger partial charge >= 0.3 is 0 Å². The number of pyridine rings is 1. The molecule has 1 aliphatic carbocycles. The summed E-state index contributed by atoms with van der Waals surface area (Å²) in [6, 6.07) is 9.27. The molecule has 0 saturated heterocycles. The molecule has 1 saturated carbocycles. The lowest BCUT2D eigenvalue weighted by atomic mass is 10.1. The number of hydrogen-bond acceptors (Lipinski definition) is 4. The van der Waals surface area contributed by atoms with Gasteiger partial charge in [-0.3, -0.25) is 9.78 Å². The van der Waals surface area contributed by atoms with Crippen LogP contribution >= 0.6 is 0 Å². The van der Waals surface area contributed by atoms with E-state index in [1.165, 1.54) is 0 Å². The lowest BCUT2D eigenvalue weighted by Crippen LogP contribution is -2.20. The molecule has 5 heteroatoms. The fourth-order valence-corrected chi connectivity index (χ4v) is 2.94. The summed E-state index contributed by atoms with van der Waals surface area (Å²) in [5.74, 6) is 1.46. The van der Waals surface area contributed by atoms with E-state index in [0.29, 0.717) is 18.1 Å². The quantitative estimate of drug-likeness (QED) is 0.877. The molecule has 1 heterocycles. The third-order valence-electron chi connectivity index (χ3n) is 4.27. The van der Waals surface area contributed by atoms with Crippen molar-refractivity contribution < 1.29 is 14.3 Å². The number of hydrogen-bond donors (Lipinski definition) is 1. The molecule has 1 fully saturated rings. The molecular weight excluding hydrogens is 304 g/mol. The van der Waals surface area contributed by atoms with Gasteiger partial charge < -0.3 is 14.8 Å². The van der Waals surface area contributed by atoms with Gasteiger partial charge in [0.15, 0.2) is 11.5 Å². The van der Waals surface area contributed by atoms with Crippen molar-refractivity contribution in [1.82, 2.24) is 4.98 Å². The Hall–Kier alpha value is -2.56. The molecule has 1 N–H and O–H groups in total. The van der Waals surface area contributed by atoms with Crippen LogP contribution in [0.2, 0.25) is 0 Å². The molecule has 2 aromatic rings. The molecule has 0 bridgehead atoms.